The van der Waals surface area contributed by atoms with Gasteiger partial charge in [0.25, 0.3) is 11.8 Å². The van der Waals surface area contributed by atoms with Crippen LogP contribution in [0.25, 0.3) is 0 Å². The quantitative estimate of drug-likeness (QED) is 0.871. The Bertz CT molecular complexity index is 862. The predicted molar refractivity (Wildman–Crippen MR) is 105 cm³/mol. The van der Waals surface area contributed by atoms with Crippen LogP contribution in [0.4, 0.5) is 0 Å². The zero-order chi connectivity index (χ0) is 19.6. The number of carbonyl (C=O) groups excluding carboxylic acids is 2. The van der Waals surface area contributed by atoms with Gasteiger partial charge in [-0.3, -0.25) is 9.59 Å². The lowest BCUT2D eigenvalue weighted by molar-refractivity contribution is 0.0903. The Morgan fingerprint density at radius 3 is 2.67 bits per heavy atom. The first kappa shape index (κ1) is 19.1. The number of amides is 2. The summed E-state index contributed by atoms with van der Waals surface area (Å²) in [7, 11) is 0. The molecule has 1 aliphatic heterocycles. The molecule has 0 aliphatic carbocycles. The fraction of sp³-hybridized carbons (Fsp3) is 0.476. The third-order valence-corrected chi connectivity index (χ3v) is 4.56. The van der Waals surface area contributed by atoms with Gasteiger partial charge in [-0.25, -0.2) is 4.98 Å². The third-order valence-electron chi connectivity index (χ3n) is 4.56. The van der Waals surface area contributed by atoms with Gasteiger partial charge in [0.1, 0.15) is 5.69 Å². The smallest absolute Gasteiger partial charge is 0.287 e. The van der Waals surface area contributed by atoms with E-state index in [4.69, 9.17) is 0 Å². The monoisotopic (exact) mass is 368 g/mol. The Labute approximate surface area is 160 Å². The van der Waals surface area contributed by atoms with Crippen molar-refractivity contribution in [2.75, 3.05) is 0 Å². The predicted octanol–water partition coefficient (Wildman–Crippen LogP) is 2.99. The van der Waals surface area contributed by atoms with Crippen LogP contribution in [0.3, 0.4) is 0 Å². The number of imidazole rings is 1. The molecule has 0 bridgehead atoms. The molecule has 3 rings (SSSR count). The number of hydrogen-bond donors (Lipinski definition) is 2. The highest BCUT2D eigenvalue weighted by Crippen LogP contribution is 2.21. The molecular weight excluding hydrogens is 340 g/mol. The minimum absolute atomic E-state index is 0.225. The van der Waals surface area contributed by atoms with Gasteiger partial charge >= 0.3 is 0 Å². The summed E-state index contributed by atoms with van der Waals surface area (Å²) >= 11 is 0. The molecule has 6 heteroatoms. The number of nitrogens with zero attached hydrogens (tertiary/aromatic N) is 2. The van der Waals surface area contributed by atoms with E-state index in [1.165, 1.54) is 0 Å². The van der Waals surface area contributed by atoms with Crippen LogP contribution < -0.4 is 10.6 Å². The van der Waals surface area contributed by atoms with E-state index in [0.717, 1.165) is 42.6 Å². The van der Waals surface area contributed by atoms with Gasteiger partial charge in [-0.2, -0.15) is 0 Å². The van der Waals surface area contributed by atoms with Gasteiger partial charge in [0, 0.05) is 18.6 Å². The lowest BCUT2D eigenvalue weighted by Crippen LogP contribution is -2.42. The topological polar surface area (TPSA) is 76.0 Å². The maximum absolute atomic E-state index is 12.8. The van der Waals surface area contributed by atoms with Crippen molar-refractivity contribution in [2.45, 2.75) is 65.6 Å². The van der Waals surface area contributed by atoms with E-state index >= 15 is 0 Å². The lowest BCUT2D eigenvalue weighted by atomic mass is 10.1. The average molecular weight is 368 g/mol. The number of aryl methyl sites for hydroxylation is 1. The molecule has 2 aromatic rings. The van der Waals surface area contributed by atoms with Crippen LogP contribution in [0, 0.1) is 6.92 Å². The van der Waals surface area contributed by atoms with Crippen molar-refractivity contribution >= 4 is 11.8 Å². The van der Waals surface area contributed by atoms with E-state index in [2.05, 4.69) is 15.6 Å². The molecule has 0 atom stereocenters. The van der Waals surface area contributed by atoms with Crippen LogP contribution in [-0.2, 0) is 19.5 Å². The molecular formula is C21H28N4O2. The van der Waals surface area contributed by atoms with Crippen LogP contribution in [0.15, 0.2) is 24.3 Å². The molecule has 0 saturated carbocycles. The number of aromatic nitrogens is 2. The van der Waals surface area contributed by atoms with Crippen molar-refractivity contribution in [3.05, 3.63) is 52.6 Å². The first-order valence-corrected chi connectivity index (χ1v) is 9.50. The van der Waals surface area contributed by atoms with Crippen LogP contribution in [-0.4, -0.2) is 26.9 Å². The zero-order valence-electron chi connectivity index (χ0n) is 16.6. The highest BCUT2D eigenvalue weighted by atomic mass is 16.2. The molecule has 144 valence electrons. The molecule has 1 aromatic carbocycles. The van der Waals surface area contributed by atoms with Crippen molar-refractivity contribution < 1.29 is 9.59 Å². The van der Waals surface area contributed by atoms with Crippen molar-refractivity contribution in [3.8, 4) is 0 Å². The summed E-state index contributed by atoms with van der Waals surface area (Å²) in [5.74, 6) is -0.124. The lowest BCUT2D eigenvalue weighted by Gasteiger charge is -2.22. The molecule has 0 radical (unpaired) electrons. The van der Waals surface area contributed by atoms with Crippen LogP contribution in [0.1, 0.15) is 71.5 Å². The molecule has 0 spiro atoms. The van der Waals surface area contributed by atoms with Gasteiger partial charge in [0.15, 0.2) is 5.82 Å². The maximum atomic E-state index is 12.8. The van der Waals surface area contributed by atoms with Gasteiger partial charge in [0.2, 0.25) is 0 Å². The van der Waals surface area contributed by atoms with Crippen molar-refractivity contribution in [2.24, 2.45) is 0 Å². The summed E-state index contributed by atoms with van der Waals surface area (Å²) in [6.45, 7) is 8.98. The van der Waals surface area contributed by atoms with E-state index in [-0.39, 0.29) is 17.4 Å². The second-order valence-electron chi connectivity index (χ2n) is 8.22. The average Bonchev–Trinajstić information content (AvgIpc) is 2.98. The van der Waals surface area contributed by atoms with E-state index < -0.39 is 0 Å². The molecule has 2 heterocycles. The summed E-state index contributed by atoms with van der Waals surface area (Å²) in [5, 5.41) is 5.89. The molecule has 1 aromatic heterocycles. The molecule has 2 N–H and O–H groups in total. The van der Waals surface area contributed by atoms with E-state index in [1.807, 2.05) is 56.5 Å². The summed E-state index contributed by atoms with van der Waals surface area (Å²) in [6, 6.07) is 8.03. The highest BCUT2D eigenvalue weighted by Gasteiger charge is 2.28. The standard InChI is InChI=1S/C21H28N4O2/c1-14-8-7-9-15(12-14)13-22-19(26)17-16-10-5-6-11-25(16)18(23-17)20(27)24-21(2,3)4/h7-9,12H,5-6,10-11,13H2,1-4H3,(H,22,26)(H,24,27). The van der Waals surface area contributed by atoms with E-state index in [0.29, 0.717) is 18.1 Å². The Morgan fingerprint density at radius 1 is 1.19 bits per heavy atom. The minimum atomic E-state index is -0.355. The first-order valence-electron chi connectivity index (χ1n) is 9.50. The molecule has 0 saturated heterocycles. The van der Waals surface area contributed by atoms with Gasteiger partial charge in [-0.05, 0) is 52.5 Å². The fourth-order valence-corrected chi connectivity index (χ4v) is 3.38. The van der Waals surface area contributed by atoms with E-state index in [1.54, 1.807) is 0 Å². The molecule has 6 nitrogen and oxygen atoms in total. The minimum Gasteiger partial charge on any atom is -0.347 e. The number of benzene rings is 1. The Hall–Kier alpha value is -2.63. The summed E-state index contributed by atoms with van der Waals surface area (Å²) in [4.78, 5) is 29.9. The SMILES string of the molecule is Cc1cccc(CNC(=O)c2nc(C(=O)NC(C)(C)C)n3c2CCCC3)c1. The molecule has 0 fully saturated rings. The number of nitrogens with one attached hydrogen (secondary N) is 2. The van der Waals surface area contributed by atoms with Gasteiger partial charge < -0.3 is 15.2 Å². The van der Waals surface area contributed by atoms with Gasteiger partial charge in [0.05, 0.1) is 5.69 Å². The molecule has 0 unspecified atom stereocenters. The van der Waals surface area contributed by atoms with Crippen LogP contribution in [0.2, 0.25) is 0 Å². The first-order chi connectivity index (χ1) is 12.7. The van der Waals surface area contributed by atoms with Crippen LogP contribution >= 0.6 is 0 Å². The third kappa shape index (κ3) is 4.56. The summed E-state index contributed by atoms with van der Waals surface area (Å²) in [5.41, 5.74) is 3.08. The van der Waals surface area contributed by atoms with Crippen LogP contribution in [0.5, 0.6) is 0 Å². The van der Waals surface area contributed by atoms with Gasteiger partial charge in [-0.15, -0.1) is 0 Å². The summed E-state index contributed by atoms with van der Waals surface area (Å²) in [6.07, 6.45) is 2.76. The number of hydrogen-bond acceptors (Lipinski definition) is 3. The van der Waals surface area contributed by atoms with Crippen molar-refractivity contribution in [3.63, 3.8) is 0 Å². The number of carbonyl (C=O) groups is 2. The molecule has 1 aliphatic rings. The largest absolute Gasteiger partial charge is 0.347 e. The molecule has 2 amide bonds. The summed E-state index contributed by atoms with van der Waals surface area (Å²) < 4.78 is 1.91. The zero-order valence-corrected chi connectivity index (χ0v) is 16.6. The second-order valence-corrected chi connectivity index (χ2v) is 8.22. The van der Waals surface area contributed by atoms with Gasteiger partial charge in [-0.1, -0.05) is 29.8 Å². The Kier molecular flexibility index (Phi) is 5.35. The number of fused-ring (bicyclic) bond motifs is 1. The Balaban J connectivity index is 1.82. The van der Waals surface area contributed by atoms with Crippen molar-refractivity contribution in [1.82, 2.24) is 20.2 Å². The van der Waals surface area contributed by atoms with E-state index in [9.17, 15) is 9.59 Å². The normalized spacial score (nSPS) is 13.8. The maximum Gasteiger partial charge on any atom is 0.287 e. The fourth-order valence-electron chi connectivity index (χ4n) is 3.38. The Morgan fingerprint density at radius 2 is 1.96 bits per heavy atom. The molecule has 27 heavy (non-hydrogen) atoms. The number of rotatable bonds is 4. The second kappa shape index (κ2) is 7.55. The van der Waals surface area contributed by atoms with Crippen molar-refractivity contribution in [1.29, 1.82) is 0 Å². The highest BCUT2D eigenvalue weighted by molar-refractivity contribution is 5.97.